The van der Waals surface area contributed by atoms with Crippen LogP contribution in [0.2, 0.25) is 5.02 Å². The second kappa shape index (κ2) is 2.36. The van der Waals surface area contributed by atoms with E-state index in [1.807, 2.05) is 5.38 Å². The standard InChI is InChI=1S/C7H4ClNOS/c8-5-3-9-7-4(6(5)10)1-2-11-7/h1-3H,(H,9,10). The molecule has 0 atom stereocenters. The summed E-state index contributed by atoms with van der Waals surface area (Å²) in [5.74, 6) is 0. The summed E-state index contributed by atoms with van der Waals surface area (Å²) in [6.45, 7) is 0. The van der Waals surface area contributed by atoms with Crippen molar-refractivity contribution in [2.75, 3.05) is 0 Å². The molecule has 0 spiro atoms. The van der Waals surface area contributed by atoms with E-state index in [1.165, 1.54) is 17.5 Å². The summed E-state index contributed by atoms with van der Waals surface area (Å²) in [4.78, 5) is 15.0. The van der Waals surface area contributed by atoms with Crippen LogP contribution in [0.25, 0.3) is 10.2 Å². The third-order valence-corrected chi connectivity index (χ3v) is 2.58. The number of fused-ring (bicyclic) bond motifs is 1. The Bertz CT molecular complexity index is 445. The minimum absolute atomic E-state index is 0.0957. The predicted octanol–water partition coefficient (Wildman–Crippen LogP) is 2.24. The van der Waals surface area contributed by atoms with Crippen molar-refractivity contribution in [2.24, 2.45) is 0 Å². The SMILES string of the molecule is O=c1c(Cl)c[nH]c2sccc12. The highest BCUT2D eigenvalue weighted by molar-refractivity contribution is 7.16. The summed E-state index contributed by atoms with van der Waals surface area (Å²) in [6.07, 6.45) is 1.52. The van der Waals surface area contributed by atoms with Crippen molar-refractivity contribution in [3.63, 3.8) is 0 Å². The van der Waals surface area contributed by atoms with Gasteiger partial charge in [0.2, 0.25) is 5.43 Å². The van der Waals surface area contributed by atoms with Crippen molar-refractivity contribution in [3.05, 3.63) is 32.9 Å². The second-order valence-electron chi connectivity index (χ2n) is 2.13. The summed E-state index contributed by atoms with van der Waals surface area (Å²) in [5.41, 5.74) is -0.0957. The van der Waals surface area contributed by atoms with Crippen LogP contribution in [-0.2, 0) is 0 Å². The first kappa shape index (κ1) is 6.88. The summed E-state index contributed by atoms with van der Waals surface area (Å²) < 4.78 is 0. The molecule has 0 unspecified atom stereocenters. The van der Waals surface area contributed by atoms with Gasteiger partial charge >= 0.3 is 0 Å². The molecule has 2 rings (SSSR count). The molecule has 0 saturated heterocycles. The third-order valence-electron chi connectivity index (χ3n) is 1.46. The molecule has 0 aromatic carbocycles. The third kappa shape index (κ3) is 0.968. The molecule has 0 amide bonds. The molecule has 0 aliphatic carbocycles. The number of aromatic amines is 1. The molecule has 0 fully saturated rings. The summed E-state index contributed by atoms with van der Waals surface area (Å²) in [6, 6.07) is 1.77. The summed E-state index contributed by atoms with van der Waals surface area (Å²) in [7, 11) is 0. The lowest BCUT2D eigenvalue weighted by molar-refractivity contribution is 1.42. The number of halogens is 1. The summed E-state index contributed by atoms with van der Waals surface area (Å²) in [5, 5.41) is 2.78. The molecule has 1 N–H and O–H groups in total. The van der Waals surface area contributed by atoms with Gasteiger partial charge in [0.05, 0.1) is 5.39 Å². The number of H-pyrrole nitrogens is 1. The Morgan fingerprint density at radius 2 is 2.36 bits per heavy atom. The van der Waals surface area contributed by atoms with Crippen molar-refractivity contribution >= 4 is 33.2 Å². The zero-order valence-electron chi connectivity index (χ0n) is 5.43. The molecule has 2 nitrogen and oxygen atoms in total. The molecule has 2 aromatic heterocycles. The van der Waals surface area contributed by atoms with Gasteiger partial charge in [0.1, 0.15) is 9.85 Å². The maximum Gasteiger partial charge on any atom is 0.208 e. The molecule has 0 saturated carbocycles. The first-order valence-corrected chi connectivity index (χ1v) is 4.29. The van der Waals surface area contributed by atoms with Crippen molar-refractivity contribution < 1.29 is 0 Å². The maximum absolute atomic E-state index is 11.2. The molecule has 0 radical (unpaired) electrons. The van der Waals surface area contributed by atoms with E-state index in [0.29, 0.717) is 5.39 Å². The number of pyridine rings is 1. The zero-order chi connectivity index (χ0) is 7.84. The van der Waals surface area contributed by atoms with E-state index in [1.54, 1.807) is 6.07 Å². The average Bonchev–Trinajstić information content (AvgIpc) is 2.45. The van der Waals surface area contributed by atoms with Gasteiger partial charge in [-0.05, 0) is 11.4 Å². The van der Waals surface area contributed by atoms with Crippen LogP contribution < -0.4 is 5.43 Å². The maximum atomic E-state index is 11.2. The molecule has 0 aliphatic heterocycles. The van der Waals surface area contributed by atoms with Crippen LogP contribution in [0, 0.1) is 0 Å². The summed E-state index contributed by atoms with van der Waals surface area (Å²) >= 11 is 7.10. The van der Waals surface area contributed by atoms with Crippen molar-refractivity contribution in [1.29, 1.82) is 0 Å². The Labute approximate surface area is 71.4 Å². The molecular weight excluding hydrogens is 182 g/mol. The minimum Gasteiger partial charge on any atom is -0.351 e. The number of nitrogens with one attached hydrogen (secondary N) is 1. The second-order valence-corrected chi connectivity index (χ2v) is 3.45. The Hall–Kier alpha value is -0.800. The molecule has 2 aromatic rings. The highest BCUT2D eigenvalue weighted by Crippen LogP contribution is 2.15. The van der Waals surface area contributed by atoms with E-state index >= 15 is 0 Å². The van der Waals surface area contributed by atoms with Crippen molar-refractivity contribution in [3.8, 4) is 0 Å². The molecule has 11 heavy (non-hydrogen) atoms. The molecule has 4 heteroatoms. The minimum atomic E-state index is -0.0957. The molecule has 0 aliphatic rings. The lowest BCUT2D eigenvalue weighted by Crippen LogP contribution is -2.00. The van der Waals surface area contributed by atoms with E-state index in [-0.39, 0.29) is 10.5 Å². The number of rotatable bonds is 0. The fourth-order valence-corrected chi connectivity index (χ4v) is 1.83. The van der Waals surface area contributed by atoms with E-state index in [4.69, 9.17) is 11.6 Å². The van der Waals surface area contributed by atoms with E-state index in [2.05, 4.69) is 4.98 Å². The van der Waals surface area contributed by atoms with Gasteiger partial charge < -0.3 is 4.98 Å². The van der Waals surface area contributed by atoms with Gasteiger partial charge in [-0.3, -0.25) is 4.79 Å². The predicted molar refractivity (Wildman–Crippen MR) is 47.5 cm³/mol. The number of hydrogen-bond donors (Lipinski definition) is 1. The van der Waals surface area contributed by atoms with Gasteiger partial charge in [0.15, 0.2) is 0 Å². The first-order valence-electron chi connectivity index (χ1n) is 3.03. The fourth-order valence-electron chi connectivity index (χ4n) is 0.923. The lowest BCUT2D eigenvalue weighted by Gasteiger charge is -1.88. The van der Waals surface area contributed by atoms with E-state index < -0.39 is 0 Å². The quantitative estimate of drug-likeness (QED) is 0.671. The van der Waals surface area contributed by atoms with Crippen LogP contribution in [0.4, 0.5) is 0 Å². The Morgan fingerprint density at radius 1 is 1.55 bits per heavy atom. The van der Waals surface area contributed by atoms with Gasteiger partial charge in [-0.25, -0.2) is 0 Å². The van der Waals surface area contributed by atoms with Gasteiger partial charge in [0, 0.05) is 6.20 Å². The van der Waals surface area contributed by atoms with Crippen LogP contribution in [-0.4, -0.2) is 4.98 Å². The topological polar surface area (TPSA) is 32.9 Å². The van der Waals surface area contributed by atoms with Crippen molar-refractivity contribution in [2.45, 2.75) is 0 Å². The highest BCUT2D eigenvalue weighted by atomic mass is 35.5. The number of aromatic nitrogens is 1. The van der Waals surface area contributed by atoms with Crippen LogP contribution in [0.1, 0.15) is 0 Å². The lowest BCUT2D eigenvalue weighted by atomic mass is 10.3. The number of thiophene rings is 1. The van der Waals surface area contributed by atoms with Gasteiger partial charge in [-0.2, -0.15) is 0 Å². The molecule has 2 heterocycles. The Balaban J connectivity index is 3.05. The molecule has 0 bridgehead atoms. The van der Waals surface area contributed by atoms with Crippen molar-refractivity contribution in [1.82, 2.24) is 4.98 Å². The largest absolute Gasteiger partial charge is 0.351 e. The smallest absolute Gasteiger partial charge is 0.208 e. The Kier molecular flexibility index (Phi) is 1.47. The highest BCUT2D eigenvalue weighted by Gasteiger charge is 2.01. The molecular formula is C7H4ClNOS. The van der Waals surface area contributed by atoms with E-state index in [9.17, 15) is 4.79 Å². The van der Waals surface area contributed by atoms with Gasteiger partial charge in [0.25, 0.3) is 0 Å². The van der Waals surface area contributed by atoms with Crippen LogP contribution in [0.15, 0.2) is 22.4 Å². The van der Waals surface area contributed by atoms with Gasteiger partial charge in [-0.1, -0.05) is 11.6 Å². The van der Waals surface area contributed by atoms with E-state index in [0.717, 1.165) is 4.83 Å². The van der Waals surface area contributed by atoms with Crippen LogP contribution >= 0.6 is 22.9 Å². The Morgan fingerprint density at radius 3 is 3.18 bits per heavy atom. The normalized spacial score (nSPS) is 10.6. The monoisotopic (exact) mass is 185 g/mol. The van der Waals surface area contributed by atoms with Gasteiger partial charge in [-0.15, -0.1) is 11.3 Å². The molecule has 56 valence electrons. The van der Waals surface area contributed by atoms with Crippen LogP contribution in [0.5, 0.6) is 0 Å². The fraction of sp³-hybridized carbons (Fsp3) is 0. The van der Waals surface area contributed by atoms with Crippen LogP contribution in [0.3, 0.4) is 0 Å². The zero-order valence-corrected chi connectivity index (χ0v) is 7.00. The number of hydrogen-bond acceptors (Lipinski definition) is 2. The first-order chi connectivity index (χ1) is 5.29. The average molecular weight is 186 g/mol.